The number of hydrogen-bond donors (Lipinski definition) is 1. The number of rotatable bonds is 5. The van der Waals surface area contributed by atoms with Gasteiger partial charge in [-0.2, -0.15) is 0 Å². The molecule has 0 aromatic carbocycles. The third kappa shape index (κ3) is 3.43. The smallest absolute Gasteiger partial charge is 0.0622 e. The first-order chi connectivity index (χ1) is 8.26. The summed E-state index contributed by atoms with van der Waals surface area (Å²) in [5.41, 5.74) is 0.518. The Labute approximate surface area is 106 Å². The Bertz CT molecular complexity index is 215. The monoisotopic (exact) mass is 240 g/mol. The lowest BCUT2D eigenvalue weighted by atomic mass is 9.73. The molecule has 2 aliphatic rings. The van der Waals surface area contributed by atoms with E-state index in [0.717, 1.165) is 13.2 Å². The van der Waals surface area contributed by atoms with Crippen LogP contribution in [0.25, 0.3) is 0 Å². The van der Waals surface area contributed by atoms with Gasteiger partial charge in [0.25, 0.3) is 0 Å². The molecule has 100 valence electrons. The minimum Gasteiger partial charge on any atom is -0.380 e. The number of ether oxygens (including phenoxy) is 1. The lowest BCUT2D eigenvalue weighted by Gasteiger charge is -2.41. The van der Waals surface area contributed by atoms with Crippen molar-refractivity contribution in [1.82, 2.24) is 10.2 Å². The van der Waals surface area contributed by atoms with E-state index in [4.69, 9.17) is 4.74 Å². The van der Waals surface area contributed by atoms with Crippen LogP contribution in [-0.4, -0.2) is 51.3 Å². The maximum atomic E-state index is 5.50. The molecule has 1 aliphatic carbocycles. The van der Waals surface area contributed by atoms with Gasteiger partial charge in [-0.25, -0.2) is 0 Å². The van der Waals surface area contributed by atoms with Gasteiger partial charge in [0.15, 0.2) is 0 Å². The van der Waals surface area contributed by atoms with Crippen LogP contribution in [0.5, 0.6) is 0 Å². The summed E-state index contributed by atoms with van der Waals surface area (Å²) < 4.78 is 5.50. The van der Waals surface area contributed by atoms with Gasteiger partial charge in [-0.05, 0) is 38.8 Å². The molecule has 1 N–H and O–H groups in total. The van der Waals surface area contributed by atoms with Crippen LogP contribution in [0.4, 0.5) is 0 Å². The van der Waals surface area contributed by atoms with E-state index in [1.165, 1.54) is 51.6 Å². The molecule has 1 saturated carbocycles. The van der Waals surface area contributed by atoms with Gasteiger partial charge in [0.05, 0.1) is 6.61 Å². The SMILES string of the molecule is CNCC1(CN(C)C2CCOC2)CCCCC1. The normalized spacial score (nSPS) is 28.8. The Morgan fingerprint density at radius 1 is 1.29 bits per heavy atom. The molecular weight excluding hydrogens is 212 g/mol. The topological polar surface area (TPSA) is 24.5 Å². The standard InChI is InChI=1S/C14H28N2O/c1-15-11-14(7-4-3-5-8-14)12-16(2)13-6-9-17-10-13/h13,15H,3-12H2,1-2H3. The van der Waals surface area contributed by atoms with Crippen LogP contribution in [-0.2, 0) is 4.74 Å². The van der Waals surface area contributed by atoms with Gasteiger partial charge in [0.1, 0.15) is 0 Å². The molecule has 0 aromatic heterocycles. The maximum absolute atomic E-state index is 5.50. The van der Waals surface area contributed by atoms with Crippen molar-refractivity contribution in [2.24, 2.45) is 5.41 Å². The Hall–Kier alpha value is -0.120. The third-order valence-corrected chi connectivity index (χ3v) is 4.58. The van der Waals surface area contributed by atoms with Gasteiger partial charge >= 0.3 is 0 Å². The minimum absolute atomic E-state index is 0.518. The molecule has 1 unspecified atom stereocenters. The maximum Gasteiger partial charge on any atom is 0.0622 e. The zero-order valence-electron chi connectivity index (χ0n) is 11.5. The Kier molecular flexibility index (Phi) is 4.83. The summed E-state index contributed by atoms with van der Waals surface area (Å²) in [5.74, 6) is 0. The molecule has 0 amide bonds. The summed E-state index contributed by atoms with van der Waals surface area (Å²) >= 11 is 0. The van der Waals surface area contributed by atoms with Gasteiger partial charge in [-0.3, -0.25) is 0 Å². The van der Waals surface area contributed by atoms with Crippen LogP contribution in [0.15, 0.2) is 0 Å². The molecule has 2 fully saturated rings. The summed E-state index contributed by atoms with van der Waals surface area (Å²) in [6.07, 6.45) is 8.26. The van der Waals surface area contributed by atoms with E-state index < -0.39 is 0 Å². The first kappa shape index (κ1) is 13.3. The summed E-state index contributed by atoms with van der Waals surface area (Å²) in [4.78, 5) is 2.55. The molecule has 0 aromatic rings. The average Bonchev–Trinajstić information content (AvgIpc) is 2.84. The van der Waals surface area contributed by atoms with Crippen molar-refractivity contribution in [3.8, 4) is 0 Å². The second-order valence-electron chi connectivity index (χ2n) is 6.02. The van der Waals surface area contributed by atoms with E-state index >= 15 is 0 Å². The van der Waals surface area contributed by atoms with E-state index in [-0.39, 0.29) is 0 Å². The summed E-state index contributed by atoms with van der Waals surface area (Å²) in [5, 5.41) is 3.42. The zero-order chi connectivity index (χ0) is 12.1. The molecule has 0 radical (unpaired) electrons. The highest BCUT2D eigenvalue weighted by molar-refractivity contribution is 4.89. The van der Waals surface area contributed by atoms with Crippen LogP contribution in [0.2, 0.25) is 0 Å². The van der Waals surface area contributed by atoms with Gasteiger partial charge in [-0.15, -0.1) is 0 Å². The molecule has 1 aliphatic heterocycles. The first-order valence-corrected chi connectivity index (χ1v) is 7.18. The lowest BCUT2D eigenvalue weighted by Crippen LogP contribution is -2.46. The molecule has 3 heteroatoms. The molecule has 1 atom stereocenters. The first-order valence-electron chi connectivity index (χ1n) is 7.18. The fraction of sp³-hybridized carbons (Fsp3) is 1.00. The third-order valence-electron chi connectivity index (χ3n) is 4.58. The minimum atomic E-state index is 0.518. The average molecular weight is 240 g/mol. The van der Waals surface area contributed by atoms with Crippen molar-refractivity contribution in [1.29, 1.82) is 0 Å². The number of hydrogen-bond acceptors (Lipinski definition) is 3. The fourth-order valence-electron chi connectivity index (χ4n) is 3.60. The molecule has 2 rings (SSSR count). The number of nitrogens with one attached hydrogen (secondary N) is 1. The van der Waals surface area contributed by atoms with Crippen molar-refractivity contribution in [3.63, 3.8) is 0 Å². The van der Waals surface area contributed by atoms with Crippen LogP contribution in [0.3, 0.4) is 0 Å². The van der Waals surface area contributed by atoms with Crippen molar-refractivity contribution < 1.29 is 4.74 Å². The van der Waals surface area contributed by atoms with Crippen LogP contribution in [0.1, 0.15) is 38.5 Å². The highest BCUT2D eigenvalue weighted by Crippen LogP contribution is 2.37. The molecule has 17 heavy (non-hydrogen) atoms. The zero-order valence-corrected chi connectivity index (χ0v) is 11.5. The highest BCUT2D eigenvalue weighted by Gasteiger charge is 2.34. The molecule has 3 nitrogen and oxygen atoms in total. The molecular formula is C14H28N2O. The summed E-state index contributed by atoms with van der Waals surface area (Å²) in [7, 11) is 4.38. The number of likely N-dealkylation sites (N-methyl/N-ethyl adjacent to an activating group) is 1. The molecule has 0 bridgehead atoms. The Morgan fingerprint density at radius 3 is 2.65 bits per heavy atom. The predicted octanol–water partition coefficient (Wildman–Crippen LogP) is 1.88. The van der Waals surface area contributed by atoms with E-state index in [0.29, 0.717) is 11.5 Å². The highest BCUT2D eigenvalue weighted by atomic mass is 16.5. The van der Waals surface area contributed by atoms with E-state index in [1.807, 2.05) is 0 Å². The summed E-state index contributed by atoms with van der Waals surface area (Å²) in [6, 6.07) is 0.658. The molecule has 1 saturated heterocycles. The van der Waals surface area contributed by atoms with E-state index in [2.05, 4.69) is 24.3 Å². The Morgan fingerprint density at radius 2 is 2.06 bits per heavy atom. The van der Waals surface area contributed by atoms with Crippen LogP contribution < -0.4 is 5.32 Å². The molecule has 0 spiro atoms. The quantitative estimate of drug-likeness (QED) is 0.794. The van der Waals surface area contributed by atoms with Gasteiger partial charge < -0.3 is 15.0 Å². The fourth-order valence-corrected chi connectivity index (χ4v) is 3.60. The van der Waals surface area contributed by atoms with Gasteiger partial charge in [0, 0.05) is 25.7 Å². The van der Waals surface area contributed by atoms with Crippen LogP contribution >= 0.6 is 0 Å². The molecule has 1 heterocycles. The second kappa shape index (κ2) is 6.17. The largest absolute Gasteiger partial charge is 0.380 e. The number of nitrogens with zero attached hydrogens (tertiary/aromatic N) is 1. The van der Waals surface area contributed by atoms with Crippen molar-refractivity contribution in [2.45, 2.75) is 44.6 Å². The predicted molar refractivity (Wildman–Crippen MR) is 71.3 cm³/mol. The second-order valence-corrected chi connectivity index (χ2v) is 6.02. The van der Waals surface area contributed by atoms with Crippen LogP contribution in [0, 0.1) is 5.41 Å². The van der Waals surface area contributed by atoms with Gasteiger partial charge in [-0.1, -0.05) is 19.3 Å². The van der Waals surface area contributed by atoms with Crippen molar-refractivity contribution >= 4 is 0 Å². The van der Waals surface area contributed by atoms with Crippen molar-refractivity contribution in [3.05, 3.63) is 0 Å². The summed E-state index contributed by atoms with van der Waals surface area (Å²) in [6.45, 7) is 4.30. The van der Waals surface area contributed by atoms with E-state index in [1.54, 1.807) is 0 Å². The Balaban J connectivity index is 1.91. The lowest BCUT2D eigenvalue weighted by molar-refractivity contribution is 0.0858. The van der Waals surface area contributed by atoms with Gasteiger partial charge in [0.2, 0.25) is 0 Å². The van der Waals surface area contributed by atoms with Crippen molar-refractivity contribution in [2.75, 3.05) is 40.4 Å². The van der Waals surface area contributed by atoms with E-state index in [9.17, 15) is 0 Å².